The van der Waals surface area contributed by atoms with Crippen LogP contribution in [0, 0.1) is 0 Å². The lowest BCUT2D eigenvalue weighted by atomic mass is 9.97. The molecule has 1 amide bonds. The molecule has 1 aromatic carbocycles. The van der Waals surface area contributed by atoms with Gasteiger partial charge < -0.3 is 15.4 Å². The summed E-state index contributed by atoms with van der Waals surface area (Å²) in [6.07, 6.45) is 3.34. The van der Waals surface area contributed by atoms with Crippen LogP contribution in [0.3, 0.4) is 0 Å². The molecule has 104 valence electrons. The number of rotatable bonds is 3. The summed E-state index contributed by atoms with van der Waals surface area (Å²) in [7, 11) is 0. The molecule has 0 bridgehead atoms. The van der Waals surface area contributed by atoms with Gasteiger partial charge in [-0.2, -0.15) is 0 Å². The van der Waals surface area contributed by atoms with Gasteiger partial charge in [-0.15, -0.1) is 0 Å². The first-order chi connectivity index (χ1) is 9.09. The Morgan fingerprint density at radius 3 is 2.58 bits per heavy atom. The van der Waals surface area contributed by atoms with E-state index in [0.29, 0.717) is 23.5 Å². The number of para-hydroxylation sites is 2. The fourth-order valence-corrected chi connectivity index (χ4v) is 2.74. The summed E-state index contributed by atoms with van der Waals surface area (Å²) in [5, 5.41) is 0. The van der Waals surface area contributed by atoms with Crippen molar-refractivity contribution in [3.05, 3.63) is 24.3 Å². The van der Waals surface area contributed by atoms with Crippen LogP contribution in [0.4, 0.5) is 5.69 Å². The average molecular weight is 262 g/mol. The first-order valence-corrected chi connectivity index (χ1v) is 6.88. The normalized spacial score (nSPS) is 23.2. The van der Waals surface area contributed by atoms with Crippen molar-refractivity contribution in [2.24, 2.45) is 0 Å². The Morgan fingerprint density at radius 1 is 1.32 bits per heavy atom. The van der Waals surface area contributed by atoms with Crippen LogP contribution in [0.2, 0.25) is 0 Å². The first-order valence-electron chi connectivity index (χ1n) is 6.88. The zero-order valence-corrected chi connectivity index (χ0v) is 11.6. The predicted molar refractivity (Wildman–Crippen MR) is 76.0 cm³/mol. The van der Waals surface area contributed by atoms with Gasteiger partial charge in [0.1, 0.15) is 5.75 Å². The summed E-state index contributed by atoms with van der Waals surface area (Å²) in [6, 6.07) is 7.85. The monoisotopic (exact) mass is 262 g/mol. The molecule has 0 spiro atoms. The average Bonchev–Trinajstić information content (AvgIpc) is 2.37. The molecular formula is C15H22N2O2. The molecule has 2 rings (SSSR count). The molecule has 1 aliphatic heterocycles. The minimum atomic E-state index is 0.0444. The van der Waals surface area contributed by atoms with Crippen LogP contribution in [0.15, 0.2) is 24.3 Å². The van der Waals surface area contributed by atoms with Gasteiger partial charge in [0.05, 0.1) is 5.69 Å². The van der Waals surface area contributed by atoms with Gasteiger partial charge in [-0.25, -0.2) is 0 Å². The molecule has 19 heavy (non-hydrogen) atoms. The van der Waals surface area contributed by atoms with Crippen molar-refractivity contribution < 1.29 is 9.53 Å². The van der Waals surface area contributed by atoms with E-state index in [0.717, 1.165) is 12.8 Å². The Hall–Kier alpha value is -1.71. The number of hydrogen-bond donors (Lipinski definition) is 1. The number of amides is 1. The van der Waals surface area contributed by atoms with Crippen molar-refractivity contribution >= 4 is 11.6 Å². The van der Waals surface area contributed by atoms with E-state index < -0.39 is 0 Å². The van der Waals surface area contributed by atoms with Crippen molar-refractivity contribution in [3.8, 4) is 5.75 Å². The van der Waals surface area contributed by atoms with Gasteiger partial charge in [-0.1, -0.05) is 12.1 Å². The fraction of sp³-hybridized carbons (Fsp3) is 0.533. The van der Waals surface area contributed by atoms with Crippen LogP contribution >= 0.6 is 0 Å². The van der Waals surface area contributed by atoms with Gasteiger partial charge in [0.15, 0.2) is 6.61 Å². The van der Waals surface area contributed by atoms with Crippen LogP contribution in [-0.4, -0.2) is 29.5 Å². The minimum Gasteiger partial charge on any atom is -0.482 e. The number of ether oxygens (including phenoxy) is 1. The molecule has 1 aromatic rings. The van der Waals surface area contributed by atoms with Crippen LogP contribution in [0.25, 0.3) is 0 Å². The van der Waals surface area contributed by atoms with Crippen LogP contribution < -0.4 is 10.5 Å². The second-order valence-corrected chi connectivity index (χ2v) is 5.26. The summed E-state index contributed by atoms with van der Waals surface area (Å²) in [5.41, 5.74) is 6.35. The summed E-state index contributed by atoms with van der Waals surface area (Å²) in [4.78, 5) is 14.2. The smallest absolute Gasteiger partial charge is 0.260 e. The molecule has 0 aliphatic carbocycles. The third-order valence-corrected chi connectivity index (χ3v) is 3.75. The predicted octanol–water partition coefficient (Wildman–Crippen LogP) is 2.44. The number of nitrogen functional groups attached to an aromatic ring is 1. The number of nitrogens with two attached hydrogens (primary N) is 1. The van der Waals surface area contributed by atoms with Gasteiger partial charge in [-0.05, 0) is 45.2 Å². The van der Waals surface area contributed by atoms with E-state index in [-0.39, 0.29) is 12.5 Å². The maximum atomic E-state index is 12.3. The molecule has 1 saturated heterocycles. The highest BCUT2D eigenvalue weighted by atomic mass is 16.5. The topological polar surface area (TPSA) is 55.6 Å². The van der Waals surface area contributed by atoms with Crippen LogP contribution in [-0.2, 0) is 4.79 Å². The van der Waals surface area contributed by atoms with E-state index >= 15 is 0 Å². The number of benzene rings is 1. The number of carbonyl (C=O) groups excluding carboxylic acids is 1. The standard InChI is InChI=1S/C15H22N2O2/c1-11-6-5-7-12(2)17(11)15(18)10-19-14-9-4-3-8-13(14)16/h3-4,8-9,11-12H,5-7,10,16H2,1-2H3/t11-,12+. The third kappa shape index (κ3) is 3.19. The molecule has 2 N–H and O–H groups in total. The van der Waals surface area contributed by atoms with E-state index in [4.69, 9.17) is 10.5 Å². The Labute approximate surface area is 114 Å². The molecule has 4 heteroatoms. The molecule has 1 heterocycles. The zero-order chi connectivity index (χ0) is 13.8. The van der Waals surface area contributed by atoms with E-state index in [2.05, 4.69) is 13.8 Å². The molecule has 1 fully saturated rings. The lowest BCUT2D eigenvalue weighted by Crippen LogP contribution is -2.49. The van der Waals surface area contributed by atoms with Crippen molar-refractivity contribution in [2.45, 2.75) is 45.2 Å². The van der Waals surface area contributed by atoms with Gasteiger partial charge in [0.2, 0.25) is 0 Å². The van der Waals surface area contributed by atoms with Crippen molar-refractivity contribution in [2.75, 3.05) is 12.3 Å². The summed E-state index contributed by atoms with van der Waals surface area (Å²) >= 11 is 0. The van der Waals surface area contributed by atoms with Crippen molar-refractivity contribution in [3.63, 3.8) is 0 Å². The number of nitrogens with zero attached hydrogens (tertiary/aromatic N) is 1. The van der Waals surface area contributed by atoms with E-state index in [1.807, 2.05) is 17.0 Å². The first kappa shape index (κ1) is 13.7. The Morgan fingerprint density at radius 2 is 1.95 bits per heavy atom. The highest BCUT2D eigenvalue weighted by Gasteiger charge is 2.28. The minimum absolute atomic E-state index is 0.0444. The SMILES string of the molecule is C[C@@H]1CCC[C@H](C)N1C(=O)COc1ccccc1N. The van der Waals surface area contributed by atoms with Crippen molar-refractivity contribution in [1.82, 2.24) is 4.90 Å². The number of piperidine rings is 1. The number of likely N-dealkylation sites (tertiary alicyclic amines) is 1. The second-order valence-electron chi connectivity index (χ2n) is 5.26. The summed E-state index contributed by atoms with van der Waals surface area (Å²) in [6.45, 7) is 4.26. The number of hydrogen-bond acceptors (Lipinski definition) is 3. The molecule has 4 nitrogen and oxygen atoms in total. The maximum Gasteiger partial charge on any atom is 0.260 e. The van der Waals surface area contributed by atoms with Crippen molar-refractivity contribution in [1.29, 1.82) is 0 Å². The molecular weight excluding hydrogens is 240 g/mol. The molecule has 1 aliphatic rings. The largest absolute Gasteiger partial charge is 0.482 e. The summed E-state index contributed by atoms with van der Waals surface area (Å²) in [5.74, 6) is 0.621. The van der Waals surface area contributed by atoms with Gasteiger partial charge in [0.25, 0.3) is 5.91 Å². The third-order valence-electron chi connectivity index (χ3n) is 3.75. The molecule has 0 radical (unpaired) electrons. The Balaban J connectivity index is 1.95. The van der Waals surface area contributed by atoms with Crippen LogP contribution in [0.1, 0.15) is 33.1 Å². The van der Waals surface area contributed by atoms with Gasteiger partial charge >= 0.3 is 0 Å². The molecule has 0 aromatic heterocycles. The van der Waals surface area contributed by atoms with Gasteiger partial charge in [0, 0.05) is 12.1 Å². The molecule has 0 saturated carbocycles. The number of anilines is 1. The van der Waals surface area contributed by atoms with E-state index in [9.17, 15) is 4.79 Å². The highest BCUT2D eigenvalue weighted by molar-refractivity contribution is 5.78. The molecule has 0 unspecified atom stereocenters. The maximum absolute atomic E-state index is 12.3. The second kappa shape index (κ2) is 5.95. The van der Waals surface area contributed by atoms with E-state index in [1.54, 1.807) is 12.1 Å². The highest BCUT2D eigenvalue weighted by Crippen LogP contribution is 2.24. The Bertz CT molecular complexity index is 438. The van der Waals surface area contributed by atoms with Gasteiger partial charge in [-0.3, -0.25) is 4.79 Å². The fourth-order valence-electron chi connectivity index (χ4n) is 2.74. The lowest BCUT2D eigenvalue weighted by molar-refractivity contribution is -0.139. The number of carbonyl (C=O) groups is 1. The summed E-state index contributed by atoms with van der Waals surface area (Å²) < 4.78 is 5.53. The zero-order valence-electron chi connectivity index (χ0n) is 11.6. The Kier molecular flexibility index (Phi) is 4.30. The molecule has 2 atom stereocenters. The lowest BCUT2D eigenvalue weighted by Gasteiger charge is -2.39. The van der Waals surface area contributed by atoms with Crippen LogP contribution in [0.5, 0.6) is 5.75 Å². The quantitative estimate of drug-likeness (QED) is 0.851. The van der Waals surface area contributed by atoms with E-state index in [1.165, 1.54) is 6.42 Å².